The van der Waals surface area contributed by atoms with Crippen LogP contribution in [0.15, 0.2) is 164 Å². The molecule has 23 heteroatoms. The normalized spacial score (nSPS) is 27.4. The van der Waals surface area contributed by atoms with Crippen molar-refractivity contribution in [2.45, 2.75) is 277 Å². The van der Waals surface area contributed by atoms with E-state index in [2.05, 4.69) is 55.4 Å². The second-order valence-electron chi connectivity index (χ2n) is 34.1. The zero-order valence-electron chi connectivity index (χ0n) is 70.4. The quantitative estimate of drug-likeness (QED) is 0.00943. The van der Waals surface area contributed by atoms with Gasteiger partial charge in [-0.2, -0.15) is 0 Å². The van der Waals surface area contributed by atoms with Gasteiger partial charge in [-0.25, -0.2) is 19.2 Å². The maximum Gasteiger partial charge on any atom is 0.338 e. The Balaban J connectivity index is 0.000000185. The van der Waals surface area contributed by atoms with Crippen molar-refractivity contribution in [3.05, 3.63) is 196 Å². The van der Waals surface area contributed by atoms with Crippen LogP contribution in [0.2, 0.25) is 0 Å². The number of nitro benzene ring substituents is 1. The Bertz CT molecular complexity index is 4070. The van der Waals surface area contributed by atoms with E-state index in [0.29, 0.717) is 98.7 Å². The van der Waals surface area contributed by atoms with Gasteiger partial charge < -0.3 is 53.2 Å². The Hall–Kier alpha value is -9.45. The fraction of sp³-hybridized carbons (Fsp3) is 0.573. The van der Waals surface area contributed by atoms with Gasteiger partial charge >= 0.3 is 47.8 Å². The Morgan fingerprint density at radius 3 is 1.14 bits per heavy atom. The molecule has 4 saturated carbocycles. The first kappa shape index (κ1) is 93.4. The molecular weight excluding hydrogens is 1520 g/mol. The predicted octanol–water partition coefficient (Wildman–Crippen LogP) is 17.3. The average Bonchev–Trinajstić information content (AvgIpc) is 1.65. The van der Waals surface area contributed by atoms with Gasteiger partial charge in [0, 0.05) is 91.6 Å². The van der Waals surface area contributed by atoms with Crippen LogP contribution in [0.5, 0.6) is 0 Å². The van der Waals surface area contributed by atoms with Crippen LogP contribution in [0.4, 0.5) is 5.69 Å². The van der Waals surface area contributed by atoms with Crippen molar-refractivity contribution in [3.63, 3.8) is 0 Å². The van der Waals surface area contributed by atoms with E-state index in [1.54, 1.807) is 84.9 Å². The minimum absolute atomic E-state index is 0.00274. The van der Waals surface area contributed by atoms with Gasteiger partial charge in [-0.05, 0) is 104 Å². The molecule has 4 aliphatic heterocycles. The zero-order chi connectivity index (χ0) is 85.7. The number of rotatable bonds is 37. The van der Waals surface area contributed by atoms with Crippen molar-refractivity contribution in [1.29, 1.82) is 0 Å². The molecule has 0 unspecified atom stereocenters. The molecule has 23 atom stereocenters. The second-order valence-corrected chi connectivity index (χ2v) is 34.1. The summed E-state index contributed by atoms with van der Waals surface area (Å²) in [6.07, 6.45) is 29.5. The van der Waals surface area contributed by atoms with Crippen molar-refractivity contribution >= 4 is 59.2 Å². The number of ketones is 1. The third kappa shape index (κ3) is 28.3. The maximum absolute atomic E-state index is 13.0. The third-order valence-corrected chi connectivity index (χ3v) is 24.4. The van der Waals surface area contributed by atoms with Gasteiger partial charge in [0.2, 0.25) is 0 Å². The number of allylic oxidation sites excluding steroid dienone is 1. The fourth-order valence-electron chi connectivity index (χ4n) is 17.9. The van der Waals surface area contributed by atoms with E-state index in [9.17, 15) is 68.6 Å². The van der Waals surface area contributed by atoms with Gasteiger partial charge in [-0.15, -0.1) is 0 Å². The molecule has 4 heterocycles. The number of non-ortho nitro benzene ring substituents is 1. The minimum atomic E-state index is -0.581. The first-order chi connectivity index (χ1) is 57.2. The van der Waals surface area contributed by atoms with E-state index >= 15 is 0 Å². The smallest absolute Gasteiger partial charge is 0.338 e. The second kappa shape index (κ2) is 46.9. The van der Waals surface area contributed by atoms with E-state index in [-0.39, 0.29) is 143 Å². The molecule has 4 saturated heterocycles. The number of fused-ring (bicyclic) bond motifs is 4. The number of nitrogens with zero attached hydrogens (tertiary/aromatic N) is 1. The molecule has 4 aromatic rings. The van der Waals surface area contributed by atoms with E-state index < -0.39 is 53.5 Å². The Morgan fingerprint density at radius 2 is 0.765 bits per heavy atom. The highest BCUT2D eigenvalue weighted by Gasteiger charge is 2.54. The molecule has 0 bridgehead atoms. The molecule has 646 valence electrons. The lowest BCUT2D eigenvalue weighted by molar-refractivity contribution is -0.384. The number of carbonyl (C=O) groups excluding carboxylic acids is 9. The highest BCUT2D eigenvalue weighted by Crippen LogP contribution is 2.48. The van der Waals surface area contributed by atoms with E-state index in [4.69, 9.17) is 37.9 Å². The Labute approximate surface area is 700 Å². The highest BCUT2D eigenvalue weighted by molar-refractivity contribution is 5.92. The minimum Gasteiger partial charge on any atom is -0.462 e. The number of nitro groups is 1. The van der Waals surface area contributed by atoms with Gasteiger partial charge in [0.25, 0.3) is 5.69 Å². The molecule has 119 heavy (non-hydrogen) atoms. The van der Waals surface area contributed by atoms with Gasteiger partial charge in [0.05, 0.1) is 71.2 Å². The number of unbranched alkanes of at least 4 members (excludes halogenated alkanes) is 4. The Kier molecular flexibility index (Phi) is 36.8. The van der Waals surface area contributed by atoms with Crippen LogP contribution >= 0.6 is 0 Å². The standard InChI is InChI=1S/C31H35NO8.C24H32O5.C24H30O5.C17H28O4/c1-3-4-8-20(2)17-24(38-30(34)22-11-13-23(14-12-22)32(36)37)15-16-25-26-18-29(33)39-28(26)19-27(25)40-31(35)21-9-6-5-7-10-21;2*1-3-4-8-16(2)13-18(25)11-12-19-20-14-23(26)28-22(20)15-21(19)29-24(27)17-9-6-5-7-10-17;1-3-4-5-11(2)8-12(18)6-7-13-14-9-17(20)21-16(14)10-15(13)19/h5-7,9-16,20,24-28H,3-4,8,17-19H2,1-2H3;5-7,9-12,16,18-22,25H,3-4,8,13-15H2,1-2H3;5-7,9-12,16,19-22H,3-4,8,13-15H2,1-2H3;6-7,11-16,18-19H,3-5,8-10H2,1-2H3/b16-15+;2*12-11+;7-6+/t20-,24+,25+,26+,27+,28-;16-,18+,19+,20+,21+,22-;16-,19+,20+,21+,22-;11-,12+,13+,14+,15+,16-/m0000/s1. The molecule has 8 aliphatic rings. The zero-order valence-corrected chi connectivity index (χ0v) is 70.4. The number of carbonyl (C=O) groups is 9. The van der Waals surface area contributed by atoms with Gasteiger partial charge in [0.1, 0.15) is 48.8 Å². The number of benzene rings is 4. The number of aliphatic hydroxyl groups is 3. The number of aliphatic hydroxyl groups excluding tert-OH is 3. The maximum atomic E-state index is 13.0. The summed E-state index contributed by atoms with van der Waals surface area (Å²) >= 11 is 0. The van der Waals surface area contributed by atoms with Gasteiger partial charge in [-0.1, -0.05) is 223 Å². The van der Waals surface area contributed by atoms with E-state index in [1.165, 1.54) is 43.5 Å². The SMILES string of the molecule is CCCC[C@H](C)CC(=O)/C=C/[C@@H]1[C@H]2CC(=O)O[C@H]2C[C@H]1OC(=O)c1ccccc1.CCCC[C@H](C)C[C@@H](/C=C/[C@@H]1[C@H]2CC(=O)O[C@H]2C[C@H]1OC(=O)c1ccccc1)OC(=O)c1ccc([N+](=O)[O-])cc1.CCCC[C@H](C)C[C@H](O)/C=C/[C@@H]1[C@H]2CC(=O)O[C@H]2C[C@H]1O.CCCC[C@H](C)C[C@H](O)/C=C/[C@@H]1[C@H]2CC(=O)O[C@H]2C[C@H]1OC(=O)c1ccccc1. The number of ether oxygens (including phenoxy) is 8. The summed E-state index contributed by atoms with van der Waals surface area (Å²) in [4.78, 5) is 120. The van der Waals surface area contributed by atoms with E-state index in [1.807, 2.05) is 54.7 Å². The molecule has 0 radical (unpaired) electrons. The number of hydrogen-bond acceptors (Lipinski definition) is 22. The van der Waals surface area contributed by atoms with Crippen molar-refractivity contribution < 1.29 is 101 Å². The van der Waals surface area contributed by atoms with Gasteiger partial charge in [0.15, 0.2) is 5.78 Å². The third-order valence-electron chi connectivity index (χ3n) is 24.4. The van der Waals surface area contributed by atoms with Crippen LogP contribution in [0.1, 0.15) is 251 Å². The molecule has 12 rings (SSSR count). The molecule has 4 aromatic carbocycles. The van der Waals surface area contributed by atoms with Crippen LogP contribution in [-0.4, -0.2) is 141 Å². The molecule has 0 spiro atoms. The lowest BCUT2D eigenvalue weighted by Crippen LogP contribution is -2.25. The summed E-state index contributed by atoms with van der Waals surface area (Å²) in [6.45, 7) is 17.1. The molecule has 3 N–H and O–H groups in total. The first-order valence-electron chi connectivity index (χ1n) is 43.5. The lowest BCUT2D eigenvalue weighted by Gasteiger charge is -2.22. The molecule has 4 aliphatic carbocycles. The average molecular weight is 1650 g/mol. The van der Waals surface area contributed by atoms with Gasteiger partial charge in [-0.3, -0.25) is 34.1 Å². The van der Waals surface area contributed by atoms with E-state index in [0.717, 1.165) is 64.2 Å². The van der Waals surface area contributed by atoms with Crippen LogP contribution in [0.3, 0.4) is 0 Å². The molecular formula is C96H125NO22. The van der Waals surface area contributed by atoms with Crippen molar-refractivity contribution in [1.82, 2.24) is 0 Å². The summed E-state index contributed by atoms with van der Waals surface area (Å²) in [5, 5.41) is 41.6. The monoisotopic (exact) mass is 1640 g/mol. The molecule has 0 aromatic heterocycles. The van der Waals surface area contributed by atoms with Crippen LogP contribution in [0.25, 0.3) is 0 Å². The van der Waals surface area contributed by atoms with Crippen LogP contribution in [-0.2, 0) is 61.9 Å². The summed E-state index contributed by atoms with van der Waals surface area (Å²) in [5.74, 6) is -1.72. The summed E-state index contributed by atoms with van der Waals surface area (Å²) in [6, 6.07) is 31.8. The lowest BCUT2D eigenvalue weighted by atomic mass is 9.90. The fourth-order valence-corrected chi connectivity index (χ4v) is 17.9. The van der Waals surface area contributed by atoms with Crippen molar-refractivity contribution in [2.24, 2.45) is 71.0 Å². The summed E-state index contributed by atoms with van der Waals surface area (Å²) in [5.41, 5.74) is 1.55. The van der Waals surface area contributed by atoms with Crippen molar-refractivity contribution in [3.8, 4) is 0 Å². The summed E-state index contributed by atoms with van der Waals surface area (Å²) < 4.78 is 44.8. The van der Waals surface area contributed by atoms with Crippen LogP contribution < -0.4 is 0 Å². The largest absolute Gasteiger partial charge is 0.462 e. The Morgan fingerprint density at radius 1 is 0.437 bits per heavy atom. The van der Waals surface area contributed by atoms with Crippen LogP contribution in [0, 0.1) is 81.1 Å². The van der Waals surface area contributed by atoms with Crippen molar-refractivity contribution in [2.75, 3.05) is 0 Å². The number of esters is 8. The molecule has 8 fully saturated rings. The number of hydrogen-bond donors (Lipinski definition) is 3. The summed E-state index contributed by atoms with van der Waals surface area (Å²) in [7, 11) is 0. The molecule has 23 nitrogen and oxygen atoms in total. The predicted molar refractivity (Wildman–Crippen MR) is 446 cm³/mol. The molecule has 0 amide bonds. The first-order valence-corrected chi connectivity index (χ1v) is 43.5. The highest BCUT2D eigenvalue weighted by atomic mass is 16.6. The topological polar surface area (TPSA) is 331 Å².